The van der Waals surface area contributed by atoms with Gasteiger partial charge in [-0.05, 0) is 30.7 Å². The van der Waals surface area contributed by atoms with Crippen molar-refractivity contribution in [2.45, 2.75) is 39.0 Å². The lowest BCUT2D eigenvalue weighted by molar-refractivity contribution is -0.122. The molecule has 0 heterocycles. The number of hydrogen-bond acceptors (Lipinski definition) is 1. The highest BCUT2D eigenvalue weighted by atomic mass is 35.5. The van der Waals surface area contributed by atoms with Gasteiger partial charge in [0.05, 0.1) is 0 Å². The fourth-order valence-corrected chi connectivity index (χ4v) is 3.17. The van der Waals surface area contributed by atoms with Crippen molar-refractivity contribution in [3.8, 4) is 0 Å². The molecule has 0 spiro atoms. The van der Waals surface area contributed by atoms with Crippen molar-refractivity contribution >= 4 is 17.5 Å². The third-order valence-corrected chi connectivity index (χ3v) is 5.34. The van der Waals surface area contributed by atoms with Crippen LogP contribution in [0, 0.1) is 11.3 Å². The van der Waals surface area contributed by atoms with E-state index in [0.29, 0.717) is 18.3 Å². The molecule has 2 atom stereocenters. The highest BCUT2D eigenvalue weighted by molar-refractivity contribution is 6.18. The van der Waals surface area contributed by atoms with E-state index in [1.54, 1.807) is 0 Å². The lowest BCUT2D eigenvalue weighted by atomic mass is 9.84. The van der Waals surface area contributed by atoms with Crippen LogP contribution in [0.25, 0.3) is 0 Å². The topological polar surface area (TPSA) is 29.1 Å². The molecule has 1 fully saturated rings. The second-order valence-corrected chi connectivity index (χ2v) is 6.19. The Balaban J connectivity index is 1.86. The number of amides is 1. The summed E-state index contributed by atoms with van der Waals surface area (Å²) in [5.41, 5.74) is 1.33. The zero-order valence-electron chi connectivity index (χ0n) is 12.4. The molecule has 0 radical (unpaired) electrons. The van der Waals surface area contributed by atoms with Gasteiger partial charge in [-0.25, -0.2) is 0 Å². The second kappa shape index (κ2) is 6.62. The molecule has 0 aromatic heterocycles. The van der Waals surface area contributed by atoms with Gasteiger partial charge in [0.1, 0.15) is 0 Å². The van der Waals surface area contributed by atoms with Gasteiger partial charge in [0.25, 0.3) is 0 Å². The van der Waals surface area contributed by atoms with E-state index in [1.165, 1.54) is 5.56 Å². The molecular formula is C17H24ClNO. The summed E-state index contributed by atoms with van der Waals surface area (Å²) in [5.74, 6) is 1.35. The Labute approximate surface area is 126 Å². The maximum Gasteiger partial charge on any atom is 0.223 e. The zero-order valence-corrected chi connectivity index (χ0v) is 13.1. The summed E-state index contributed by atoms with van der Waals surface area (Å²) in [5, 5.41) is 3.11. The van der Waals surface area contributed by atoms with E-state index in [-0.39, 0.29) is 17.2 Å². The van der Waals surface area contributed by atoms with E-state index in [9.17, 15) is 4.79 Å². The molecule has 0 bridgehead atoms. The number of alkyl halides is 1. The number of carbonyl (C=O) groups excluding carboxylic acids is 1. The average Bonchev–Trinajstić information content (AvgIpc) is 3.30. The summed E-state index contributed by atoms with van der Waals surface area (Å²) in [6.45, 7) is 4.98. The van der Waals surface area contributed by atoms with Crippen molar-refractivity contribution in [2.24, 2.45) is 11.3 Å². The first-order valence-corrected chi connectivity index (χ1v) is 8.08. The average molecular weight is 294 g/mol. The van der Waals surface area contributed by atoms with Crippen LogP contribution >= 0.6 is 11.6 Å². The van der Waals surface area contributed by atoms with Crippen molar-refractivity contribution in [3.63, 3.8) is 0 Å². The van der Waals surface area contributed by atoms with E-state index in [4.69, 9.17) is 11.6 Å². The van der Waals surface area contributed by atoms with Gasteiger partial charge in [-0.2, -0.15) is 0 Å². The van der Waals surface area contributed by atoms with Gasteiger partial charge in [-0.3, -0.25) is 4.79 Å². The molecule has 1 amide bonds. The predicted molar refractivity (Wildman–Crippen MR) is 84.0 cm³/mol. The molecule has 1 aromatic carbocycles. The number of halogens is 1. The largest absolute Gasteiger partial charge is 0.355 e. The highest BCUT2D eigenvalue weighted by Crippen LogP contribution is 2.47. The van der Waals surface area contributed by atoms with Gasteiger partial charge in [-0.1, -0.05) is 44.2 Å². The third-order valence-electron chi connectivity index (χ3n) is 4.78. The molecule has 1 N–H and O–H groups in total. The van der Waals surface area contributed by atoms with Gasteiger partial charge >= 0.3 is 0 Å². The molecule has 2 nitrogen and oxygen atoms in total. The number of benzene rings is 1. The van der Waals surface area contributed by atoms with Crippen LogP contribution in [0.15, 0.2) is 30.3 Å². The van der Waals surface area contributed by atoms with Crippen molar-refractivity contribution < 1.29 is 4.79 Å². The first kappa shape index (κ1) is 15.4. The Hall–Kier alpha value is -1.02. The normalized spacial score (nSPS) is 21.6. The lowest BCUT2D eigenvalue weighted by Gasteiger charge is -2.29. The monoisotopic (exact) mass is 293 g/mol. The predicted octanol–water partition coefficient (Wildman–Crippen LogP) is 3.95. The molecular weight excluding hydrogens is 270 g/mol. The van der Waals surface area contributed by atoms with Gasteiger partial charge in [0.15, 0.2) is 0 Å². The van der Waals surface area contributed by atoms with E-state index < -0.39 is 0 Å². The van der Waals surface area contributed by atoms with Crippen LogP contribution in [0.4, 0.5) is 0 Å². The molecule has 0 saturated heterocycles. The molecule has 1 aliphatic rings. The second-order valence-electron chi connectivity index (χ2n) is 5.92. The summed E-state index contributed by atoms with van der Waals surface area (Å²) in [7, 11) is 0. The first-order chi connectivity index (χ1) is 9.65. The number of carbonyl (C=O) groups is 1. The number of hydrogen-bond donors (Lipinski definition) is 1. The number of rotatable bonds is 7. The molecule has 3 heteroatoms. The van der Waals surface area contributed by atoms with Crippen LogP contribution < -0.4 is 5.32 Å². The van der Waals surface area contributed by atoms with Crippen LogP contribution in [0.2, 0.25) is 0 Å². The Bertz CT molecular complexity index is 433. The lowest BCUT2D eigenvalue weighted by Crippen LogP contribution is -2.39. The van der Waals surface area contributed by atoms with Crippen LogP contribution in [0.3, 0.4) is 0 Å². The fraction of sp³-hybridized carbons (Fsp3) is 0.588. The van der Waals surface area contributed by atoms with Crippen molar-refractivity contribution in [3.05, 3.63) is 35.9 Å². The summed E-state index contributed by atoms with van der Waals surface area (Å²) >= 11 is 6.08. The first-order valence-electron chi connectivity index (χ1n) is 7.54. The molecule has 110 valence electrons. The van der Waals surface area contributed by atoms with Crippen LogP contribution in [-0.2, 0) is 4.79 Å². The highest BCUT2D eigenvalue weighted by Gasteiger charge is 2.44. The van der Waals surface area contributed by atoms with Gasteiger partial charge in [0, 0.05) is 23.8 Å². The SMILES string of the molecule is CCC(CC)(CCl)CNC(=O)C1CC1c1ccccc1. The van der Waals surface area contributed by atoms with Crippen molar-refractivity contribution in [1.82, 2.24) is 5.32 Å². The fourth-order valence-electron chi connectivity index (χ4n) is 2.70. The Morgan fingerprint density at radius 2 is 1.95 bits per heavy atom. The standard InChI is InChI=1S/C17H24ClNO/c1-3-17(4-2,11-18)12-19-16(20)15-10-14(15)13-8-6-5-7-9-13/h5-9,14-15H,3-4,10-12H2,1-2H3,(H,19,20). The summed E-state index contributed by atoms with van der Waals surface area (Å²) in [4.78, 5) is 12.2. The summed E-state index contributed by atoms with van der Waals surface area (Å²) in [6.07, 6.45) is 2.97. The van der Waals surface area contributed by atoms with E-state index in [2.05, 4.69) is 31.3 Å². The van der Waals surface area contributed by atoms with Crippen molar-refractivity contribution in [2.75, 3.05) is 12.4 Å². The zero-order chi connectivity index (χ0) is 14.6. The molecule has 1 saturated carbocycles. The maximum atomic E-state index is 12.2. The quantitative estimate of drug-likeness (QED) is 0.758. The molecule has 2 unspecified atom stereocenters. The molecule has 0 aliphatic heterocycles. The number of nitrogens with one attached hydrogen (secondary N) is 1. The van der Waals surface area contributed by atoms with Crippen LogP contribution in [0.5, 0.6) is 0 Å². The Morgan fingerprint density at radius 1 is 1.30 bits per heavy atom. The molecule has 1 aliphatic carbocycles. The van der Waals surface area contributed by atoms with E-state index in [0.717, 1.165) is 19.3 Å². The van der Waals surface area contributed by atoms with E-state index in [1.807, 2.05) is 18.2 Å². The molecule has 1 aromatic rings. The van der Waals surface area contributed by atoms with Gasteiger partial charge < -0.3 is 5.32 Å². The van der Waals surface area contributed by atoms with E-state index >= 15 is 0 Å². The Kier molecular flexibility index (Phi) is 5.09. The van der Waals surface area contributed by atoms with Crippen LogP contribution in [-0.4, -0.2) is 18.3 Å². The maximum absolute atomic E-state index is 12.2. The third kappa shape index (κ3) is 3.35. The van der Waals surface area contributed by atoms with Crippen LogP contribution in [0.1, 0.15) is 44.6 Å². The smallest absolute Gasteiger partial charge is 0.223 e. The van der Waals surface area contributed by atoms with Gasteiger partial charge in [-0.15, -0.1) is 11.6 Å². The Morgan fingerprint density at radius 3 is 2.50 bits per heavy atom. The summed E-state index contributed by atoms with van der Waals surface area (Å²) < 4.78 is 0. The minimum absolute atomic E-state index is 0.0499. The minimum Gasteiger partial charge on any atom is -0.355 e. The molecule has 20 heavy (non-hydrogen) atoms. The molecule has 2 rings (SSSR count). The summed E-state index contributed by atoms with van der Waals surface area (Å²) in [6, 6.07) is 10.3. The van der Waals surface area contributed by atoms with Gasteiger partial charge in [0.2, 0.25) is 5.91 Å². The minimum atomic E-state index is 0.0499. The van der Waals surface area contributed by atoms with Crippen molar-refractivity contribution in [1.29, 1.82) is 0 Å².